The summed E-state index contributed by atoms with van der Waals surface area (Å²) in [5.41, 5.74) is 21.2. The van der Waals surface area contributed by atoms with Crippen molar-refractivity contribution in [2.24, 2.45) is 0 Å². The van der Waals surface area contributed by atoms with Gasteiger partial charge in [0, 0.05) is 27.9 Å². The van der Waals surface area contributed by atoms with Gasteiger partial charge in [-0.1, -0.05) is 185 Å². The van der Waals surface area contributed by atoms with E-state index in [2.05, 4.69) is 220 Å². The molecule has 8 aromatic carbocycles. The van der Waals surface area contributed by atoms with Crippen LogP contribution < -0.4 is 4.90 Å². The molecule has 0 fully saturated rings. The Morgan fingerprint density at radius 3 is 1.51 bits per heavy atom. The summed E-state index contributed by atoms with van der Waals surface area (Å²) in [6.45, 7) is 12.7. The number of nitrogens with zero attached hydrogens (tertiary/aromatic N) is 1. The largest absolute Gasteiger partial charge is 0.310 e. The zero-order valence-corrected chi connectivity index (χ0v) is 33.8. The molecule has 0 radical (unpaired) electrons. The first kappa shape index (κ1) is 36.4. The molecule has 0 amide bonds. The maximum Gasteiger partial charge on any atom is 0.0465 e. The van der Waals surface area contributed by atoms with Crippen molar-refractivity contribution in [1.29, 1.82) is 0 Å². The third-order valence-corrected chi connectivity index (χ3v) is 13.0. The number of rotatable bonds is 10. The fourth-order valence-corrected chi connectivity index (χ4v) is 9.98. The summed E-state index contributed by atoms with van der Waals surface area (Å²) in [4.78, 5) is 2.39. The van der Waals surface area contributed by atoms with Crippen LogP contribution in [0.5, 0.6) is 0 Å². The van der Waals surface area contributed by atoms with Gasteiger partial charge in [-0.3, -0.25) is 0 Å². The van der Waals surface area contributed by atoms with Gasteiger partial charge in [-0.15, -0.1) is 0 Å². The van der Waals surface area contributed by atoms with Gasteiger partial charge in [0.2, 0.25) is 0 Å². The molecule has 0 unspecified atom stereocenters. The molecule has 0 heterocycles. The Morgan fingerprint density at radius 1 is 0.407 bits per heavy atom. The second-order valence-electron chi connectivity index (χ2n) is 16.8. The van der Waals surface area contributed by atoms with E-state index in [1.807, 2.05) is 12.2 Å². The first-order valence-electron chi connectivity index (χ1n) is 20.7. The molecule has 1 nitrogen and oxygen atoms in total. The molecule has 2 aliphatic rings. The lowest BCUT2D eigenvalue weighted by atomic mass is 9.69. The van der Waals surface area contributed by atoms with Crippen LogP contribution in [0.3, 0.4) is 0 Å². The minimum Gasteiger partial charge on any atom is -0.310 e. The average Bonchev–Trinajstić information content (AvgIpc) is 3.68. The van der Waals surface area contributed by atoms with E-state index in [9.17, 15) is 0 Å². The molecule has 1 heteroatoms. The van der Waals surface area contributed by atoms with Crippen LogP contribution in [-0.2, 0) is 23.7 Å². The average molecular weight is 758 g/mol. The van der Waals surface area contributed by atoms with Crippen LogP contribution in [0.2, 0.25) is 0 Å². The van der Waals surface area contributed by atoms with Crippen LogP contribution in [-0.4, -0.2) is 0 Å². The fourth-order valence-electron chi connectivity index (χ4n) is 9.98. The molecule has 0 saturated carbocycles. The van der Waals surface area contributed by atoms with E-state index < -0.39 is 0 Å². The Balaban J connectivity index is 1.06. The third-order valence-electron chi connectivity index (χ3n) is 13.0. The molecule has 0 aliphatic heterocycles. The number of hydrogen-bond donors (Lipinski definition) is 0. The molecule has 0 saturated heterocycles. The van der Waals surface area contributed by atoms with E-state index in [-0.39, 0.29) is 10.8 Å². The van der Waals surface area contributed by atoms with Crippen molar-refractivity contribution in [3.63, 3.8) is 0 Å². The van der Waals surface area contributed by atoms with E-state index in [4.69, 9.17) is 0 Å². The highest BCUT2D eigenvalue weighted by Gasteiger charge is 2.43. The summed E-state index contributed by atoms with van der Waals surface area (Å²) < 4.78 is 0. The van der Waals surface area contributed by atoms with Crippen molar-refractivity contribution >= 4 is 29.2 Å². The summed E-state index contributed by atoms with van der Waals surface area (Å²) in [5.74, 6) is 0. The van der Waals surface area contributed by atoms with Crippen molar-refractivity contribution in [2.75, 3.05) is 4.90 Å². The van der Waals surface area contributed by atoms with Crippen LogP contribution in [0.4, 0.5) is 17.1 Å². The monoisotopic (exact) mass is 757 g/mol. The summed E-state index contributed by atoms with van der Waals surface area (Å²) in [5, 5.41) is 0. The normalized spacial score (nSPS) is 13.8. The Morgan fingerprint density at radius 2 is 0.881 bits per heavy atom. The zero-order chi connectivity index (χ0) is 40.1. The van der Waals surface area contributed by atoms with Crippen molar-refractivity contribution in [1.82, 2.24) is 0 Å². The standard InChI is InChI=1S/C58H47N/c1-5-40-20-24-42(25-21-40)38-58(39-43-26-22-41(6-2)23-27-43)54-19-13-11-17-50(54)52-34-30-45(36-56(52)58)44-28-31-47(32-29-44)59(46-14-8-7-9-15-46)48-33-35-51-49-16-10-12-18-53(49)57(3,4)55(51)37-48/h5-37H,1-2,38-39H2,3-4H3. The Labute approximate surface area is 349 Å². The van der Waals surface area contributed by atoms with E-state index in [1.54, 1.807) is 0 Å². The van der Waals surface area contributed by atoms with Gasteiger partial charge in [0.1, 0.15) is 0 Å². The molecule has 0 N–H and O–H groups in total. The van der Waals surface area contributed by atoms with E-state index in [0.29, 0.717) is 0 Å². The molecule has 8 aromatic rings. The lowest BCUT2D eigenvalue weighted by molar-refractivity contribution is 0.520. The van der Waals surface area contributed by atoms with Crippen LogP contribution in [0, 0.1) is 0 Å². The summed E-state index contributed by atoms with van der Waals surface area (Å²) >= 11 is 0. The molecule has 0 bridgehead atoms. The highest BCUT2D eigenvalue weighted by atomic mass is 15.1. The molecule has 2 aliphatic carbocycles. The minimum atomic E-state index is -0.265. The van der Waals surface area contributed by atoms with Gasteiger partial charge in [0.25, 0.3) is 0 Å². The topological polar surface area (TPSA) is 3.24 Å². The molecular formula is C58H47N. The zero-order valence-electron chi connectivity index (χ0n) is 33.8. The van der Waals surface area contributed by atoms with E-state index in [0.717, 1.165) is 41.0 Å². The highest BCUT2D eigenvalue weighted by molar-refractivity contribution is 5.87. The van der Waals surface area contributed by atoms with Gasteiger partial charge in [0.05, 0.1) is 0 Å². The van der Waals surface area contributed by atoms with Gasteiger partial charge in [-0.25, -0.2) is 0 Å². The van der Waals surface area contributed by atoms with Crippen LogP contribution in [0.15, 0.2) is 201 Å². The van der Waals surface area contributed by atoms with Gasteiger partial charge in [-0.2, -0.15) is 0 Å². The number of benzene rings is 8. The molecule has 10 rings (SSSR count). The maximum atomic E-state index is 4.01. The van der Waals surface area contributed by atoms with Crippen molar-refractivity contribution in [2.45, 2.75) is 37.5 Å². The first-order chi connectivity index (χ1) is 28.9. The molecule has 284 valence electrons. The number of fused-ring (bicyclic) bond motifs is 6. The second-order valence-corrected chi connectivity index (χ2v) is 16.8. The smallest absolute Gasteiger partial charge is 0.0465 e. The quantitative estimate of drug-likeness (QED) is 0.134. The van der Waals surface area contributed by atoms with Gasteiger partial charge in [-0.05, 0) is 133 Å². The number of anilines is 3. The third kappa shape index (κ3) is 6.17. The van der Waals surface area contributed by atoms with Gasteiger partial charge in [0.15, 0.2) is 0 Å². The van der Waals surface area contributed by atoms with E-state index in [1.165, 1.54) is 66.8 Å². The van der Waals surface area contributed by atoms with Crippen LogP contribution in [0.1, 0.15) is 58.4 Å². The molecule has 59 heavy (non-hydrogen) atoms. The van der Waals surface area contributed by atoms with Gasteiger partial charge < -0.3 is 4.90 Å². The minimum absolute atomic E-state index is 0.0826. The maximum absolute atomic E-state index is 4.01. The summed E-state index contributed by atoms with van der Waals surface area (Å²) in [6.07, 6.45) is 5.61. The fraction of sp³-hybridized carbons (Fsp3) is 0.103. The molecule has 0 atom stereocenters. The number of para-hydroxylation sites is 1. The number of hydrogen-bond acceptors (Lipinski definition) is 1. The predicted octanol–water partition coefficient (Wildman–Crippen LogP) is 15.2. The summed E-state index contributed by atoms with van der Waals surface area (Å²) in [7, 11) is 0. The summed E-state index contributed by atoms with van der Waals surface area (Å²) in [6, 6.07) is 69.9. The van der Waals surface area contributed by atoms with Crippen molar-refractivity contribution in [3.8, 4) is 33.4 Å². The SMILES string of the molecule is C=Cc1ccc(CC2(Cc3ccc(C=C)cc3)c3ccccc3-c3ccc(-c4ccc(N(c5ccccc5)c5ccc6c(c5)C(C)(C)c5ccccc5-6)cc4)cc32)cc1. The lowest BCUT2D eigenvalue weighted by Crippen LogP contribution is -2.31. The van der Waals surface area contributed by atoms with Crippen LogP contribution >= 0.6 is 0 Å². The Kier molecular flexibility index (Phi) is 8.91. The Bertz CT molecular complexity index is 2800. The van der Waals surface area contributed by atoms with Gasteiger partial charge >= 0.3 is 0 Å². The Hall–Kier alpha value is -6.96. The molecule has 0 aromatic heterocycles. The molecular weight excluding hydrogens is 711 g/mol. The lowest BCUT2D eigenvalue weighted by Gasteiger charge is -2.33. The second kappa shape index (κ2) is 14.5. The molecule has 0 spiro atoms. The van der Waals surface area contributed by atoms with Crippen molar-refractivity contribution in [3.05, 3.63) is 246 Å². The van der Waals surface area contributed by atoms with Crippen LogP contribution in [0.25, 0.3) is 45.5 Å². The van der Waals surface area contributed by atoms with Crippen molar-refractivity contribution < 1.29 is 0 Å². The predicted molar refractivity (Wildman–Crippen MR) is 251 cm³/mol. The highest BCUT2D eigenvalue weighted by Crippen LogP contribution is 2.54. The van der Waals surface area contributed by atoms with E-state index >= 15 is 0 Å². The first-order valence-corrected chi connectivity index (χ1v) is 20.7.